The first-order valence-electron chi connectivity index (χ1n) is 5.22. The van der Waals surface area contributed by atoms with E-state index in [1.165, 1.54) is 6.92 Å². The van der Waals surface area contributed by atoms with Crippen molar-refractivity contribution in [2.75, 3.05) is 0 Å². The summed E-state index contributed by atoms with van der Waals surface area (Å²) in [5.41, 5.74) is 0.165. The smallest absolute Gasteiger partial charge is 0.342 e. The molecule has 2 aromatic rings. The van der Waals surface area contributed by atoms with Crippen LogP contribution in [-0.2, 0) is 4.79 Å². The molecule has 0 atom stereocenters. The average Bonchev–Trinajstić information content (AvgIpc) is 2.37. The molecule has 0 unspecified atom stereocenters. The molecule has 0 aliphatic rings. The van der Waals surface area contributed by atoms with Crippen LogP contribution in [-0.4, -0.2) is 11.1 Å². The van der Waals surface area contributed by atoms with Gasteiger partial charge in [0, 0.05) is 0 Å². The van der Waals surface area contributed by atoms with Crippen LogP contribution in [0.5, 0.6) is 5.75 Å². The molecule has 2 aromatic carbocycles. The summed E-state index contributed by atoms with van der Waals surface area (Å²) < 4.78 is 5.11. The van der Waals surface area contributed by atoms with Gasteiger partial charge < -0.3 is 9.84 Å². The Hall–Kier alpha value is -2.29. The summed E-state index contributed by atoms with van der Waals surface area (Å²) in [5.74, 6) is -0.0855. The van der Waals surface area contributed by atoms with Crippen LogP contribution < -0.4 is 4.74 Å². The summed E-state index contributed by atoms with van der Waals surface area (Å²) in [7, 11) is 0. The van der Waals surface area contributed by atoms with Crippen molar-refractivity contribution in [3.8, 4) is 5.75 Å². The topological polar surface area (TPSA) is 46.5 Å². The first-order chi connectivity index (χ1) is 8.20. The van der Waals surface area contributed by atoms with E-state index in [0.29, 0.717) is 5.75 Å². The number of carbonyl (C=O) groups excluding carboxylic acids is 1. The minimum Gasteiger partial charge on any atom is -0.515 e. The predicted molar refractivity (Wildman–Crippen MR) is 66.0 cm³/mol. The third-order valence-electron chi connectivity index (χ3n) is 2.45. The minimum absolute atomic E-state index is 0.165. The summed E-state index contributed by atoms with van der Waals surface area (Å²) in [5, 5.41) is 10.8. The number of aliphatic hydroxyl groups excluding tert-OH is 1. The Morgan fingerprint density at radius 2 is 1.88 bits per heavy atom. The highest BCUT2D eigenvalue weighted by molar-refractivity contribution is 5.90. The molecule has 0 aromatic heterocycles. The Morgan fingerprint density at radius 3 is 2.59 bits per heavy atom. The van der Waals surface area contributed by atoms with Gasteiger partial charge in [0.15, 0.2) is 0 Å². The molecule has 17 heavy (non-hydrogen) atoms. The summed E-state index contributed by atoms with van der Waals surface area (Å²) in [4.78, 5) is 11.4. The fourth-order valence-corrected chi connectivity index (χ4v) is 1.47. The third kappa shape index (κ3) is 2.45. The maximum absolute atomic E-state index is 11.4. The second-order valence-corrected chi connectivity index (χ2v) is 3.71. The molecule has 86 valence electrons. The van der Waals surface area contributed by atoms with Crippen molar-refractivity contribution in [3.05, 3.63) is 54.3 Å². The molecule has 0 heterocycles. The second kappa shape index (κ2) is 4.70. The Morgan fingerprint density at radius 1 is 1.18 bits per heavy atom. The first-order valence-corrected chi connectivity index (χ1v) is 5.22. The Balaban J connectivity index is 2.28. The molecule has 0 bridgehead atoms. The molecule has 0 aliphatic carbocycles. The van der Waals surface area contributed by atoms with Crippen LogP contribution in [0, 0.1) is 0 Å². The van der Waals surface area contributed by atoms with E-state index in [0.717, 1.165) is 17.0 Å². The van der Waals surface area contributed by atoms with E-state index in [9.17, 15) is 4.79 Å². The lowest BCUT2D eigenvalue weighted by atomic mass is 10.1. The van der Waals surface area contributed by atoms with Crippen molar-refractivity contribution in [1.29, 1.82) is 0 Å². The zero-order chi connectivity index (χ0) is 12.3. The Bertz CT molecular complexity index is 585. The van der Waals surface area contributed by atoms with Crippen LogP contribution in [0.2, 0.25) is 0 Å². The highest BCUT2D eigenvalue weighted by atomic mass is 16.5. The molecule has 3 heteroatoms. The normalized spacial score (nSPS) is 11.5. The van der Waals surface area contributed by atoms with Gasteiger partial charge in [-0.3, -0.25) is 0 Å². The van der Waals surface area contributed by atoms with Crippen molar-refractivity contribution < 1.29 is 14.6 Å². The molecule has 0 saturated heterocycles. The van der Waals surface area contributed by atoms with Crippen LogP contribution in [0.1, 0.15) is 6.92 Å². The zero-order valence-electron chi connectivity index (χ0n) is 9.38. The van der Waals surface area contributed by atoms with Crippen LogP contribution in [0.25, 0.3) is 10.8 Å². The Labute approximate surface area is 99.0 Å². The van der Waals surface area contributed by atoms with E-state index in [2.05, 4.69) is 0 Å². The van der Waals surface area contributed by atoms with Gasteiger partial charge >= 0.3 is 5.97 Å². The number of fused-ring (bicyclic) bond motifs is 1. The van der Waals surface area contributed by atoms with E-state index < -0.39 is 5.97 Å². The summed E-state index contributed by atoms with van der Waals surface area (Å²) >= 11 is 0. The SMILES string of the molecule is CC(=CO)C(=O)Oc1ccc2ccccc2c1. The number of rotatable bonds is 2. The maximum atomic E-state index is 11.4. The number of benzene rings is 2. The van der Waals surface area contributed by atoms with Gasteiger partial charge in [0.05, 0.1) is 11.8 Å². The number of hydrogen-bond acceptors (Lipinski definition) is 3. The minimum atomic E-state index is -0.553. The molecule has 0 radical (unpaired) electrons. The highest BCUT2D eigenvalue weighted by Gasteiger charge is 2.07. The predicted octanol–water partition coefficient (Wildman–Crippen LogP) is 3.21. The maximum Gasteiger partial charge on any atom is 0.342 e. The van der Waals surface area contributed by atoms with E-state index in [1.54, 1.807) is 12.1 Å². The number of hydrogen-bond donors (Lipinski definition) is 1. The number of esters is 1. The lowest BCUT2D eigenvalue weighted by Crippen LogP contribution is -2.08. The number of aliphatic hydroxyl groups is 1. The molecule has 0 saturated carbocycles. The molecule has 3 nitrogen and oxygen atoms in total. The number of ether oxygens (including phenoxy) is 1. The molecule has 0 aliphatic heterocycles. The molecule has 0 fully saturated rings. The van der Waals surface area contributed by atoms with Crippen molar-refractivity contribution in [1.82, 2.24) is 0 Å². The highest BCUT2D eigenvalue weighted by Crippen LogP contribution is 2.21. The van der Waals surface area contributed by atoms with Crippen LogP contribution in [0.4, 0.5) is 0 Å². The van der Waals surface area contributed by atoms with Crippen molar-refractivity contribution >= 4 is 16.7 Å². The van der Waals surface area contributed by atoms with Gasteiger partial charge in [0.25, 0.3) is 0 Å². The molecular weight excluding hydrogens is 216 g/mol. The van der Waals surface area contributed by atoms with Crippen molar-refractivity contribution in [3.63, 3.8) is 0 Å². The van der Waals surface area contributed by atoms with Gasteiger partial charge in [-0.05, 0) is 29.8 Å². The quantitative estimate of drug-likeness (QED) is 0.371. The molecule has 0 spiro atoms. The monoisotopic (exact) mass is 228 g/mol. The Kier molecular flexibility index (Phi) is 3.10. The summed E-state index contributed by atoms with van der Waals surface area (Å²) in [6.45, 7) is 1.49. The first kappa shape index (κ1) is 11.2. The van der Waals surface area contributed by atoms with E-state index in [1.807, 2.05) is 30.3 Å². The van der Waals surface area contributed by atoms with E-state index in [4.69, 9.17) is 9.84 Å². The lowest BCUT2D eigenvalue weighted by Gasteiger charge is -2.05. The third-order valence-corrected chi connectivity index (χ3v) is 2.45. The molecule has 2 rings (SSSR count). The van der Waals surface area contributed by atoms with Crippen molar-refractivity contribution in [2.24, 2.45) is 0 Å². The molecule has 1 N–H and O–H groups in total. The van der Waals surface area contributed by atoms with Crippen LogP contribution in [0.3, 0.4) is 0 Å². The summed E-state index contributed by atoms with van der Waals surface area (Å²) in [6.07, 6.45) is 0.739. The van der Waals surface area contributed by atoms with Gasteiger partial charge in [0.1, 0.15) is 5.75 Å². The van der Waals surface area contributed by atoms with Crippen LogP contribution >= 0.6 is 0 Å². The van der Waals surface area contributed by atoms with Gasteiger partial charge in [0.2, 0.25) is 0 Å². The standard InChI is InChI=1S/C14H12O3/c1-10(9-15)14(16)17-13-7-6-11-4-2-3-5-12(11)8-13/h2-9,15H,1H3. The van der Waals surface area contributed by atoms with Crippen LogP contribution in [0.15, 0.2) is 54.3 Å². The average molecular weight is 228 g/mol. The van der Waals surface area contributed by atoms with E-state index >= 15 is 0 Å². The molecule has 0 amide bonds. The molecular formula is C14H12O3. The van der Waals surface area contributed by atoms with Gasteiger partial charge in [-0.1, -0.05) is 30.3 Å². The largest absolute Gasteiger partial charge is 0.515 e. The fraction of sp³-hybridized carbons (Fsp3) is 0.0714. The lowest BCUT2D eigenvalue weighted by molar-refractivity contribution is -0.130. The zero-order valence-corrected chi connectivity index (χ0v) is 9.38. The van der Waals surface area contributed by atoms with Gasteiger partial charge in [-0.25, -0.2) is 4.79 Å². The van der Waals surface area contributed by atoms with Crippen molar-refractivity contribution in [2.45, 2.75) is 6.92 Å². The van der Waals surface area contributed by atoms with Gasteiger partial charge in [-0.2, -0.15) is 0 Å². The summed E-state index contributed by atoms with van der Waals surface area (Å²) in [6, 6.07) is 13.2. The van der Waals surface area contributed by atoms with Gasteiger partial charge in [-0.15, -0.1) is 0 Å². The second-order valence-electron chi connectivity index (χ2n) is 3.71. The number of carbonyl (C=O) groups is 1. The fourth-order valence-electron chi connectivity index (χ4n) is 1.47. The van der Waals surface area contributed by atoms with E-state index in [-0.39, 0.29) is 5.57 Å².